The van der Waals surface area contributed by atoms with Gasteiger partial charge in [-0.05, 0) is 50.1 Å². The van der Waals surface area contributed by atoms with Gasteiger partial charge in [0.2, 0.25) is 0 Å². The van der Waals surface area contributed by atoms with E-state index < -0.39 is 17.4 Å². The molecule has 162 valence electrons. The predicted molar refractivity (Wildman–Crippen MR) is 123 cm³/mol. The number of ether oxygens (including phenoxy) is 1. The molecular formula is C26H29NO4. The number of carbonyl (C=O) groups is 2. The van der Waals surface area contributed by atoms with Gasteiger partial charge in [0.15, 0.2) is 0 Å². The molecule has 0 bridgehead atoms. The second-order valence-corrected chi connectivity index (χ2v) is 8.06. The van der Waals surface area contributed by atoms with Crippen molar-refractivity contribution in [3.8, 4) is 5.75 Å². The fraction of sp³-hybridized carbons (Fsp3) is 0.308. The lowest BCUT2D eigenvalue weighted by molar-refractivity contribution is -0.143. The first-order valence-electron chi connectivity index (χ1n) is 10.6. The number of carboxylic acid groups (broad SMARTS) is 1. The van der Waals surface area contributed by atoms with Gasteiger partial charge in [0.25, 0.3) is 5.91 Å². The maximum absolute atomic E-state index is 13.1. The van der Waals surface area contributed by atoms with Gasteiger partial charge in [0.05, 0.1) is 11.7 Å². The van der Waals surface area contributed by atoms with Crippen LogP contribution in [0.15, 0.2) is 66.7 Å². The number of hydrogen-bond acceptors (Lipinski definition) is 3. The van der Waals surface area contributed by atoms with E-state index in [2.05, 4.69) is 17.4 Å². The maximum atomic E-state index is 13.1. The average molecular weight is 420 g/mol. The molecular weight excluding hydrogens is 390 g/mol. The summed E-state index contributed by atoms with van der Waals surface area (Å²) in [6.07, 6.45) is 1.79. The van der Waals surface area contributed by atoms with Crippen LogP contribution in [-0.4, -0.2) is 28.6 Å². The summed E-state index contributed by atoms with van der Waals surface area (Å²) < 4.78 is 6.30. The van der Waals surface area contributed by atoms with E-state index in [-0.39, 0.29) is 12.5 Å². The van der Waals surface area contributed by atoms with Crippen LogP contribution in [0.5, 0.6) is 5.75 Å². The van der Waals surface area contributed by atoms with Crippen LogP contribution in [0, 0.1) is 0 Å². The van der Waals surface area contributed by atoms with Gasteiger partial charge in [0.1, 0.15) is 11.3 Å². The molecule has 0 saturated heterocycles. The number of fused-ring (bicyclic) bond motifs is 1. The highest BCUT2D eigenvalue weighted by Gasteiger charge is 2.34. The Morgan fingerprint density at radius 1 is 1.03 bits per heavy atom. The molecule has 0 aliphatic heterocycles. The zero-order valence-corrected chi connectivity index (χ0v) is 18.2. The molecule has 0 aromatic heterocycles. The number of rotatable bonds is 9. The predicted octanol–water partition coefficient (Wildman–Crippen LogP) is 5.22. The van der Waals surface area contributed by atoms with E-state index in [9.17, 15) is 14.7 Å². The fourth-order valence-electron chi connectivity index (χ4n) is 3.43. The molecule has 3 aromatic carbocycles. The fourth-order valence-corrected chi connectivity index (χ4v) is 3.43. The van der Waals surface area contributed by atoms with E-state index in [1.807, 2.05) is 55.5 Å². The Morgan fingerprint density at radius 3 is 2.39 bits per heavy atom. The molecule has 0 saturated carbocycles. The van der Waals surface area contributed by atoms with E-state index in [0.717, 1.165) is 23.6 Å². The van der Waals surface area contributed by atoms with Gasteiger partial charge < -0.3 is 15.2 Å². The largest absolute Gasteiger partial charge is 0.489 e. The summed E-state index contributed by atoms with van der Waals surface area (Å²) in [6.45, 7) is 5.23. The van der Waals surface area contributed by atoms with E-state index in [1.54, 1.807) is 13.0 Å². The van der Waals surface area contributed by atoms with Crippen LogP contribution in [0.3, 0.4) is 0 Å². The lowest BCUT2D eigenvalue weighted by atomic mass is 9.97. The van der Waals surface area contributed by atoms with Crippen LogP contribution in [0.25, 0.3) is 10.8 Å². The summed E-state index contributed by atoms with van der Waals surface area (Å²) in [5.41, 5.74) is 0.221. The van der Waals surface area contributed by atoms with Crippen molar-refractivity contribution in [2.45, 2.75) is 51.7 Å². The van der Waals surface area contributed by atoms with Crippen molar-refractivity contribution >= 4 is 22.6 Å². The number of hydrogen-bond donors (Lipinski definition) is 2. The highest BCUT2D eigenvalue weighted by Crippen LogP contribution is 2.32. The van der Waals surface area contributed by atoms with E-state index >= 15 is 0 Å². The summed E-state index contributed by atoms with van der Waals surface area (Å²) in [5.74, 6) is -1.04. The Labute approximate surface area is 183 Å². The summed E-state index contributed by atoms with van der Waals surface area (Å²) in [5, 5.41) is 14.0. The number of amides is 1. The van der Waals surface area contributed by atoms with Gasteiger partial charge in [-0.15, -0.1) is 0 Å². The minimum absolute atomic E-state index is 0.130. The molecule has 2 atom stereocenters. The SMILES string of the molecule is CCC(C)(NC(=O)c1ccc2ccccc2c1OC(C)CCc1ccccc1)C(=O)O. The first kappa shape index (κ1) is 22.3. The second kappa shape index (κ2) is 9.65. The summed E-state index contributed by atoms with van der Waals surface area (Å²) in [4.78, 5) is 24.8. The summed E-state index contributed by atoms with van der Waals surface area (Å²) >= 11 is 0. The molecule has 0 spiro atoms. The van der Waals surface area contributed by atoms with Gasteiger partial charge in [-0.3, -0.25) is 4.79 Å². The molecule has 3 aromatic rings. The minimum Gasteiger partial charge on any atom is -0.489 e. The van der Waals surface area contributed by atoms with E-state index in [4.69, 9.17) is 4.74 Å². The molecule has 2 unspecified atom stereocenters. The Hall–Kier alpha value is -3.34. The zero-order chi connectivity index (χ0) is 22.4. The van der Waals surface area contributed by atoms with Crippen molar-refractivity contribution < 1.29 is 19.4 Å². The topological polar surface area (TPSA) is 75.6 Å². The Balaban J connectivity index is 1.89. The van der Waals surface area contributed by atoms with Crippen molar-refractivity contribution in [3.63, 3.8) is 0 Å². The van der Waals surface area contributed by atoms with Crippen molar-refractivity contribution in [2.24, 2.45) is 0 Å². The van der Waals surface area contributed by atoms with Gasteiger partial charge in [-0.1, -0.05) is 67.6 Å². The number of nitrogens with one attached hydrogen (secondary N) is 1. The molecule has 0 aliphatic carbocycles. The number of aliphatic carboxylic acids is 1. The molecule has 0 radical (unpaired) electrons. The van der Waals surface area contributed by atoms with E-state index in [0.29, 0.717) is 11.3 Å². The maximum Gasteiger partial charge on any atom is 0.329 e. The molecule has 5 nitrogen and oxygen atoms in total. The zero-order valence-electron chi connectivity index (χ0n) is 18.2. The first-order chi connectivity index (χ1) is 14.8. The molecule has 0 heterocycles. The second-order valence-electron chi connectivity index (χ2n) is 8.06. The van der Waals surface area contributed by atoms with E-state index in [1.165, 1.54) is 12.5 Å². The van der Waals surface area contributed by atoms with Gasteiger partial charge in [-0.25, -0.2) is 4.79 Å². The van der Waals surface area contributed by atoms with Crippen LogP contribution in [0.2, 0.25) is 0 Å². The molecule has 3 rings (SSSR count). The molecule has 0 fully saturated rings. The Kier molecular flexibility index (Phi) is 6.95. The van der Waals surface area contributed by atoms with Gasteiger partial charge in [0, 0.05) is 5.39 Å². The highest BCUT2D eigenvalue weighted by atomic mass is 16.5. The lowest BCUT2D eigenvalue weighted by Crippen LogP contribution is -2.51. The normalized spacial score (nSPS) is 13.9. The minimum atomic E-state index is -1.35. The monoisotopic (exact) mass is 419 g/mol. The number of carbonyl (C=O) groups excluding carboxylic acids is 1. The van der Waals surface area contributed by atoms with Crippen molar-refractivity contribution in [1.29, 1.82) is 0 Å². The van der Waals surface area contributed by atoms with Crippen LogP contribution in [0.4, 0.5) is 0 Å². The van der Waals surface area contributed by atoms with Crippen LogP contribution >= 0.6 is 0 Å². The Morgan fingerprint density at radius 2 is 1.71 bits per heavy atom. The molecule has 5 heteroatoms. The van der Waals surface area contributed by atoms with Crippen LogP contribution in [-0.2, 0) is 11.2 Å². The third kappa shape index (κ3) is 5.23. The van der Waals surface area contributed by atoms with Crippen molar-refractivity contribution in [1.82, 2.24) is 5.32 Å². The standard InChI is InChI=1S/C26H29NO4/c1-4-26(3,25(29)30)27-24(28)22-17-16-20-12-8-9-13-21(20)23(22)31-18(2)14-15-19-10-6-5-7-11-19/h5-13,16-18H,4,14-15H2,1-3H3,(H,27,28)(H,29,30). The average Bonchev–Trinajstić information content (AvgIpc) is 2.78. The molecule has 0 aliphatic rings. The third-order valence-electron chi connectivity index (χ3n) is 5.69. The first-order valence-corrected chi connectivity index (χ1v) is 10.6. The van der Waals surface area contributed by atoms with Crippen LogP contribution in [0.1, 0.15) is 49.5 Å². The Bertz CT molecular complexity index is 1060. The van der Waals surface area contributed by atoms with Crippen LogP contribution < -0.4 is 10.1 Å². The summed E-state index contributed by atoms with van der Waals surface area (Å²) in [7, 11) is 0. The molecule has 31 heavy (non-hydrogen) atoms. The highest BCUT2D eigenvalue weighted by molar-refractivity contribution is 6.05. The molecule has 1 amide bonds. The number of carboxylic acids is 1. The summed E-state index contributed by atoms with van der Waals surface area (Å²) in [6, 6.07) is 21.5. The molecule has 2 N–H and O–H groups in total. The van der Waals surface area contributed by atoms with Crippen molar-refractivity contribution in [3.05, 3.63) is 77.9 Å². The number of aryl methyl sites for hydroxylation is 1. The quantitative estimate of drug-likeness (QED) is 0.498. The van der Waals surface area contributed by atoms with Gasteiger partial charge >= 0.3 is 5.97 Å². The number of benzene rings is 3. The van der Waals surface area contributed by atoms with Gasteiger partial charge in [-0.2, -0.15) is 0 Å². The third-order valence-corrected chi connectivity index (χ3v) is 5.69. The lowest BCUT2D eigenvalue weighted by Gasteiger charge is -2.26. The van der Waals surface area contributed by atoms with Crippen molar-refractivity contribution in [2.75, 3.05) is 0 Å². The smallest absolute Gasteiger partial charge is 0.329 e.